The van der Waals surface area contributed by atoms with Crippen molar-refractivity contribution < 1.29 is 27.4 Å². The predicted molar refractivity (Wildman–Crippen MR) is 85.6 cm³/mol. The van der Waals surface area contributed by atoms with Crippen molar-refractivity contribution in [2.45, 2.75) is 25.6 Å². The Morgan fingerprint density at radius 3 is 1.96 bits per heavy atom. The molecule has 1 heterocycles. The first-order valence-corrected chi connectivity index (χ1v) is 7.57. The van der Waals surface area contributed by atoms with E-state index in [9.17, 15) is 18.0 Å². The highest BCUT2D eigenvalue weighted by Gasteiger charge is 2.42. The van der Waals surface area contributed by atoms with E-state index in [1.54, 1.807) is 38.1 Å². The number of alkyl halides is 3. The number of rotatable bonds is 2. The van der Waals surface area contributed by atoms with E-state index in [-0.39, 0.29) is 5.76 Å². The molecule has 1 saturated heterocycles. The predicted octanol–water partition coefficient (Wildman–Crippen LogP) is 5.41. The molecule has 0 unspecified atom stereocenters. The normalized spacial score (nSPS) is 18.5. The van der Waals surface area contributed by atoms with Gasteiger partial charge in [0.15, 0.2) is 11.4 Å². The lowest BCUT2D eigenvalue weighted by molar-refractivity contribution is -0.137. The van der Waals surface area contributed by atoms with Gasteiger partial charge in [0.2, 0.25) is 0 Å². The summed E-state index contributed by atoms with van der Waals surface area (Å²) in [6.45, 7) is 3.33. The summed E-state index contributed by atoms with van der Waals surface area (Å²) in [5, 5.41) is 0. The molecule has 0 saturated carbocycles. The number of halogens is 3. The zero-order valence-corrected chi connectivity index (χ0v) is 13.6. The molecule has 0 spiro atoms. The number of cyclic esters (lactones) is 2. The Morgan fingerprint density at radius 1 is 0.920 bits per heavy atom. The van der Waals surface area contributed by atoms with Crippen LogP contribution >= 0.6 is 0 Å². The molecule has 2 aromatic carbocycles. The Hall–Kier alpha value is -2.76. The Bertz CT molecular complexity index is 819. The summed E-state index contributed by atoms with van der Waals surface area (Å²) in [6.07, 6.45) is -5.25. The van der Waals surface area contributed by atoms with Crippen molar-refractivity contribution in [1.29, 1.82) is 0 Å². The molecule has 6 heteroatoms. The molecule has 25 heavy (non-hydrogen) atoms. The molecule has 0 bridgehead atoms. The standard InChI is InChI=1S/C19H15F3O3/c1-18(2)16(24-17(23)25-18)15(12-6-4-3-5-7-12)13-8-10-14(11-9-13)19(20,21)22/h3-11H,1-2H3/b16-15+. The van der Waals surface area contributed by atoms with Gasteiger partial charge in [-0.3, -0.25) is 0 Å². The molecule has 1 aliphatic rings. The van der Waals surface area contributed by atoms with Gasteiger partial charge in [-0.25, -0.2) is 4.79 Å². The molecular weight excluding hydrogens is 333 g/mol. The number of carbonyl (C=O) groups is 1. The molecular formula is C19H15F3O3. The minimum absolute atomic E-state index is 0.267. The van der Waals surface area contributed by atoms with Crippen LogP contribution in [-0.2, 0) is 15.7 Å². The highest BCUT2D eigenvalue weighted by atomic mass is 19.4. The van der Waals surface area contributed by atoms with Crippen molar-refractivity contribution in [3.63, 3.8) is 0 Å². The first-order chi connectivity index (χ1) is 11.7. The number of ether oxygens (including phenoxy) is 2. The van der Waals surface area contributed by atoms with Gasteiger partial charge in [-0.1, -0.05) is 42.5 Å². The third-order valence-electron chi connectivity index (χ3n) is 3.86. The van der Waals surface area contributed by atoms with Crippen molar-refractivity contribution in [3.8, 4) is 0 Å². The maximum absolute atomic E-state index is 12.8. The number of hydrogen-bond donors (Lipinski definition) is 0. The van der Waals surface area contributed by atoms with Gasteiger partial charge in [0, 0.05) is 5.57 Å². The fourth-order valence-corrected chi connectivity index (χ4v) is 2.69. The lowest BCUT2D eigenvalue weighted by Gasteiger charge is -2.19. The zero-order chi connectivity index (χ0) is 18.2. The van der Waals surface area contributed by atoms with Gasteiger partial charge in [0.05, 0.1) is 5.56 Å². The zero-order valence-electron chi connectivity index (χ0n) is 13.6. The summed E-state index contributed by atoms with van der Waals surface area (Å²) < 4.78 is 48.9. The SMILES string of the molecule is CC1(C)OC(=O)O/C1=C(\c1ccccc1)c1ccc(C(F)(F)F)cc1. The summed E-state index contributed by atoms with van der Waals surface area (Å²) in [5.74, 6) is 0.267. The van der Waals surface area contributed by atoms with Crippen molar-refractivity contribution >= 4 is 11.7 Å². The van der Waals surface area contributed by atoms with Crippen molar-refractivity contribution in [2.75, 3.05) is 0 Å². The van der Waals surface area contributed by atoms with Crippen LogP contribution < -0.4 is 0 Å². The Morgan fingerprint density at radius 2 is 1.48 bits per heavy atom. The molecule has 0 atom stereocenters. The lowest BCUT2D eigenvalue weighted by Crippen LogP contribution is -2.21. The fraction of sp³-hybridized carbons (Fsp3) is 0.211. The maximum atomic E-state index is 12.8. The van der Waals surface area contributed by atoms with Crippen LogP contribution in [0.3, 0.4) is 0 Å². The highest BCUT2D eigenvalue weighted by Crippen LogP contribution is 2.39. The third kappa shape index (κ3) is 3.38. The van der Waals surface area contributed by atoms with Crippen molar-refractivity contribution in [3.05, 3.63) is 77.0 Å². The van der Waals surface area contributed by atoms with Crippen molar-refractivity contribution in [2.24, 2.45) is 0 Å². The molecule has 3 nitrogen and oxygen atoms in total. The molecule has 2 aromatic rings. The smallest absolute Gasteiger partial charge is 0.420 e. The minimum atomic E-state index is -4.42. The van der Waals surface area contributed by atoms with Gasteiger partial charge >= 0.3 is 12.3 Å². The number of carbonyl (C=O) groups excluding carboxylic acids is 1. The van der Waals surface area contributed by atoms with Gasteiger partial charge in [0.1, 0.15) is 0 Å². The molecule has 0 N–H and O–H groups in total. The van der Waals surface area contributed by atoms with E-state index < -0.39 is 23.5 Å². The van der Waals surface area contributed by atoms with E-state index in [0.29, 0.717) is 16.7 Å². The third-order valence-corrected chi connectivity index (χ3v) is 3.86. The largest absolute Gasteiger partial charge is 0.514 e. The number of hydrogen-bond acceptors (Lipinski definition) is 3. The molecule has 130 valence electrons. The first-order valence-electron chi connectivity index (χ1n) is 7.57. The van der Waals surface area contributed by atoms with Crippen LogP contribution in [0.4, 0.5) is 18.0 Å². The summed E-state index contributed by atoms with van der Waals surface area (Å²) >= 11 is 0. The lowest BCUT2D eigenvalue weighted by atomic mass is 9.91. The average molecular weight is 348 g/mol. The van der Waals surface area contributed by atoms with E-state index in [0.717, 1.165) is 12.1 Å². The topological polar surface area (TPSA) is 35.5 Å². The van der Waals surface area contributed by atoms with Crippen LogP contribution in [0.2, 0.25) is 0 Å². The summed E-state index contributed by atoms with van der Waals surface area (Å²) in [6, 6.07) is 13.7. The molecule has 0 aliphatic carbocycles. The van der Waals surface area contributed by atoms with Crippen LogP contribution in [0.5, 0.6) is 0 Å². The Balaban J connectivity index is 2.18. The monoisotopic (exact) mass is 348 g/mol. The van der Waals surface area contributed by atoms with Crippen LogP contribution in [0.25, 0.3) is 5.57 Å². The van der Waals surface area contributed by atoms with E-state index in [2.05, 4.69) is 0 Å². The van der Waals surface area contributed by atoms with Crippen LogP contribution in [0.15, 0.2) is 60.4 Å². The number of benzene rings is 2. The molecule has 3 rings (SSSR count). The fourth-order valence-electron chi connectivity index (χ4n) is 2.69. The molecule has 1 fully saturated rings. The van der Waals surface area contributed by atoms with Crippen LogP contribution in [-0.4, -0.2) is 11.8 Å². The highest BCUT2D eigenvalue weighted by molar-refractivity contribution is 5.85. The minimum Gasteiger partial charge on any atom is -0.420 e. The van der Waals surface area contributed by atoms with Gasteiger partial charge in [0.25, 0.3) is 0 Å². The molecule has 0 amide bonds. The maximum Gasteiger partial charge on any atom is 0.514 e. The van der Waals surface area contributed by atoms with Gasteiger partial charge < -0.3 is 9.47 Å². The van der Waals surface area contributed by atoms with Gasteiger partial charge in [-0.05, 0) is 37.1 Å². The van der Waals surface area contributed by atoms with Crippen molar-refractivity contribution in [1.82, 2.24) is 0 Å². The second-order valence-electron chi connectivity index (χ2n) is 6.11. The van der Waals surface area contributed by atoms with Gasteiger partial charge in [-0.2, -0.15) is 13.2 Å². The second kappa shape index (κ2) is 5.95. The average Bonchev–Trinajstić information content (AvgIpc) is 2.81. The molecule has 1 aliphatic heterocycles. The molecule has 0 aromatic heterocycles. The Labute approximate surface area is 142 Å². The second-order valence-corrected chi connectivity index (χ2v) is 6.11. The summed E-state index contributed by atoms with van der Waals surface area (Å²) in [7, 11) is 0. The van der Waals surface area contributed by atoms with E-state index in [1.807, 2.05) is 6.07 Å². The molecule has 0 radical (unpaired) electrons. The summed E-state index contributed by atoms with van der Waals surface area (Å²) in [4.78, 5) is 11.6. The quantitative estimate of drug-likeness (QED) is 0.681. The summed E-state index contributed by atoms with van der Waals surface area (Å²) in [5.41, 5.74) is -0.0349. The van der Waals surface area contributed by atoms with E-state index in [1.165, 1.54) is 12.1 Å². The van der Waals surface area contributed by atoms with Crippen LogP contribution in [0.1, 0.15) is 30.5 Å². The van der Waals surface area contributed by atoms with Gasteiger partial charge in [-0.15, -0.1) is 0 Å². The van der Waals surface area contributed by atoms with E-state index >= 15 is 0 Å². The first kappa shape index (κ1) is 17.1. The van der Waals surface area contributed by atoms with Crippen LogP contribution in [0, 0.1) is 0 Å². The van der Waals surface area contributed by atoms with E-state index in [4.69, 9.17) is 9.47 Å². The Kier molecular flexibility index (Phi) is 4.06.